The van der Waals surface area contributed by atoms with Crippen LogP contribution in [0, 0.1) is 0 Å². The zero-order valence-electron chi connectivity index (χ0n) is 5.16. The van der Waals surface area contributed by atoms with Crippen molar-refractivity contribution in [3.63, 3.8) is 0 Å². The molecule has 0 aliphatic rings. The van der Waals surface area contributed by atoms with Gasteiger partial charge < -0.3 is 4.74 Å². The van der Waals surface area contributed by atoms with Crippen LogP contribution < -0.4 is 0 Å². The van der Waals surface area contributed by atoms with Gasteiger partial charge in [-0.15, -0.1) is 0 Å². The number of carbonyl (C=O) groups excluding carboxylic acids is 1. The van der Waals surface area contributed by atoms with Crippen LogP contribution in [0.5, 0.6) is 0 Å². The van der Waals surface area contributed by atoms with Gasteiger partial charge in [-0.05, 0) is 52.1 Å². The third-order valence-electron chi connectivity index (χ3n) is 0.621. The van der Waals surface area contributed by atoms with Gasteiger partial charge in [-0.3, -0.25) is 0 Å². The van der Waals surface area contributed by atoms with E-state index in [2.05, 4.69) is 4.74 Å². The molecule has 0 aromatic heterocycles. The Bertz CT molecular complexity index is 163. The summed E-state index contributed by atoms with van der Waals surface area (Å²) in [5.41, 5.74) is 0. The zero-order valence-corrected chi connectivity index (χ0v) is 10.2. The van der Waals surface area contributed by atoms with E-state index < -0.39 is 0 Å². The molecule has 0 spiro atoms. The normalized spacial score (nSPS) is 12.4. The molecule has 0 aliphatic heterocycles. The van der Waals surface area contributed by atoms with Crippen molar-refractivity contribution in [1.82, 2.24) is 0 Å². The molecule has 0 aromatic rings. The minimum Gasteiger partial charge on any atom is -0.462 e. The van der Waals surface area contributed by atoms with Crippen molar-refractivity contribution < 1.29 is 9.53 Å². The Labute approximate surface area is 91.6 Å². The van der Waals surface area contributed by atoms with Gasteiger partial charge in [0, 0.05) is 0 Å². The average Bonchev–Trinajstić information content (AvgIpc) is 1.87. The van der Waals surface area contributed by atoms with Crippen LogP contribution in [0.1, 0.15) is 6.92 Å². The highest BCUT2D eigenvalue weighted by atomic mass is 127. The van der Waals surface area contributed by atoms with Gasteiger partial charge in [-0.25, -0.2) is 4.79 Å². The van der Waals surface area contributed by atoms with E-state index in [1.165, 1.54) is 0 Å². The Balaban J connectivity index is 4.09. The predicted octanol–water partition coefficient (Wildman–Crippen LogP) is 2.83. The summed E-state index contributed by atoms with van der Waals surface area (Å²) in [6.07, 6.45) is 0. The molecule has 5 heteroatoms. The van der Waals surface area contributed by atoms with Crippen LogP contribution >= 0.6 is 56.8 Å². The van der Waals surface area contributed by atoms with Crippen molar-refractivity contribution in [2.75, 3.05) is 6.61 Å². The van der Waals surface area contributed by atoms with Gasteiger partial charge in [0.05, 0.1) is 9.65 Å². The molecule has 0 aromatic carbocycles. The fourth-order valence-electron chi connectivity index (χ4n) is 0.272. The zero-order chi connectivity index (χ0) is 8.15. The summed E-state index contributed by atoms with van der Waals surface area (Å²) < 4.78 is 5.54. The Morgan fingerprint density at radius 3 is 2.40 bits per heavy atom. The van der Waals surface area contributed by atoms with Gasteiger partial charge in [0.25, 0.3) is 0 Å². The summed E-state index contributed by atoms with van der Waals surface area (Å²) >= 11 is 9.22. The van der Waals surface area contributed by atoms with E-state index in [0.717, 1.165) is 0 Å². The minimum atomic E-state index is -0.359. The van der Waals surface area contributed by atoms with E-state index in [1.807, 2.05) is 45.2 Å². The Hall–Kier alpha value is 0.960. The highest BCUT2D eigenvalue weighted by molar-refractivity contribution is 14.1. The van der Waals surface area contributed by atoms with Crippen molar-refractivity contribution in [2.45, 2.75) is 6.92 Å². The van der Waals surface area contributed by atoms with E-state index in [1.54, 1.807) is 6.92 Å². The number of esters is 1. The lowest BCUT2D eigenvalue weighted by atomic mass is 10.6. The lowest BCUT2D eigenvalue weighted by molar-refractivity contribution is -0.137. The molecule has 0 bridgehead atoms. The first kappa shape index (κ1) is 11.0. The number of rotatable bonds is 2. The molecule has 0 rings (SSSR count). The standard InChI is InChI=1S/C5H5ClI2O2/c1-2-10-5(9)3(7)4(6)8/h2H2,1H3/b4-3+. The van der Waals surface area contributed by atoms with E-state index in [-0.39, 0.29) is 5.97 Å². The first-order valence-corrected chi connectivity index (χ1v) is 5.01. The van der Waals surface area contributed by atoms with Gasteiger partial charge in [0.1, 0.15) is 3.58 Å². The van der Waals surface area contributed by atoms with Crippen LogP contribution in [0.15, 0.2) is 6.62 Å². The first-order chi connectivity index (χ1) is 4.59. The predicted molar refractivity (Wildman–Crippen MR) is 57.6 cm³/mol. The van der Waals surface area contributed by atoms with Crippen LogP contribution in [0.2, 0.25) is 0 Å². The molecule has 58 valence electrons. The number of carbonyl (C=O) groups is 1. The van der Waals surface area contributed by atoms with Crippen molar-refractivity contribution in [3.05, 3.63) is 6.62 Å². The molecule has 0 N–H and O–H groups in total. The molecule has 0 amide bonds. The third kappa shape index (κ3) is 3.97. The third-order valence-corrected chi connectivity index (χ3v) is 3.68. The second kappa shape index (κ2) is 5.59. The lowest BCUT2D eigenvalue weighted by Crippen LogP contribution is -2.03. The fraction of sp³-hybridized carbons (Fsp3) is 0.400. The van der Waals surface area contributed by atoms with Gasteiger partial charge in [0.15, 0.2) is 0 Å². The largest absolute Gasteiger partial charge is 0.462 e. The fourth-order valence-corrected chi connectivity index (χ4v) is 0.725. The van der Waals surface area contributed by atoms with Crippen LogP contribution in [0.25, 0.3) is 0 Å². The molecule has 0 unspecified atom stereocenters. The molecule has 2 nitrogen and oxygen atoms in total. The molecule has 0 fully saturated rings. The minimum absolute atomic E-state index is 0.359. The van der Waals surface area contributed by atoms with Crippen molar-refractivity contribution in [3.8, 4) is 0 Å². The topological polar surface area (TPSA) is 26.3 Å². The quantitative estimate of drug-likeness (QED) is 0.415. The molecule has 10 heavy (non-hydrogen) atoms. The lowest BCUT2D eigenvalue weighted by Gasteiger charge is -1.98. The summed E-state index contributed by atoms with van der Waals surface area (Å²) in [5.74, 6) is -0.359. The number of hydrogen-bond donors (Lipinski definition) is 0. The van der Waals surface area contributed by atoms with Crippen molar-refractivity contribution in [1.29, 1.82) is 0 Å². The van der Waals surface area contributed by atoms with Crippen LogP contribution in [-0.2, 0) is 9.53 Å². The average molecular weight is 386 g/mol. The molecular formula is C5H5ClI2O2. The number of hydrogen-bond acceptors (Lipinski definition) is 2. The molecule has 0 saturated heterocycles. The Morgan fingerprint density at radius 1 is 1.60 bits per heavy atom. The maximum atomic E-state index is 10.8. The second-order valence-electron chi connectivity index (χ2n) is 1.29. The van der Waals surface area contributed by atoms with E-state index in [9.17, 15) is 4.79 Å². The first-order valence-electron chi connectivity index (χ1n) is 2.47. The van der Waals surface area contributed by atoms with Gasteiger partial charge in [-0.1, -0.05) is 11.6 Å². The molecule has 0 heterocycles. The van der Waals surface area contributed by atoms with E-state index in [4.69, 9.17) is 11.6 Å². The SMILES string of the molecule is CCOC(=O)/C(I)=C(/Cl)I. The van der Waals surface area contributed by atoms with Gasteiger partial charge in [0.2, 0.25) is 0 Å². The molecule has 0 aliphatic carbocycles. The molecule has 0 radical (unpaired) electrons. The van der Waals surface area contributed by atoms with Gasteiger partial charge >= 0.3 is 5.97 Å². The summed E-state index contributed by atoms with van der Waals surface area (Å²) in [6, 6.07) is 0. The highest BCUT2D eigenvalue weighted by Gasteiger charge is 2.09. The van der Waals surface area contributed by atoms with Crippen LogP contribution in [-0.4, -0.2) is 12.6 Å². The van der Waals surface area contributed by atoms with Crippen LogP contribution in [0.3, 0.4) is 0 Å². The smallest absolute Gasteiger partial charge is 0.346 e. The van der Waals surface area contributed by atoms with E-state index >= 15 is 0 Å². The Kier molecular flexibility index (Phi) is 6.13. The monoisotopic (exact) mass is 386 g/mol. The molecule has 0 atom stereocenters. The van der Waals surface area contributed by atoms with Gasteiger partial charge in [-0.2, -0.15) is 0 Å². The number of ether oxygens (including phenoxy) is 1. The number of halogens is 3. The Morgan fingerprint density at radius 2 is 2.10 bits per heavy atom. The summed E-state index contributed by atoms with van der Waals surface area (Å²) in [6.45, 7) is 2.13. The van der Waals surface area contributed by atoms with Crippen LogP contribution in [0.4, 0.5) is 0 Å². The second-order valence-corrected chi connectivity index (χ2v) is 4.47. The maximum absolute atomic E-state index is 10.8. The maximum Gasteiger partial charge on any atom is 0.346 e. The summed E-state index contributed by atoms with van der Waals surface area (Å²) in [7, 11) is 0. The summed E-state index contributed by atoms with van der Waals surface area (Å²) in [4.78, 5) is 10.8. The van der Waals surface area contributed by atoms with E-state index in [0.29, 0.717) is 13.2 Å². The molecule has 0 saturated carbocycles. The van der Waals surface area contributed by atoms with Crippen molar-refractivity contribution >= 4 is 62.8 Å². The molecular weight excluding hydrogens is 381 g/mol. The summed E-state index contributed by atoms with van der Waals surface area (Å²) in [5, 5.41) is 0. The van der Waals surface area contributed by atoms with Crippen molar-refractivity contribution in [2.24, 2.45) is 0 Å². The highest BCUT2D eigenvalue weighted by Crippen LogP contribution is 2.23.